The van der Waals surface area contributed by atoms with E-state index in [9.17, 15) is 9.90 Å². The summed E-state index contributed by atoms with van der Waals surface area (Å²) in [6.07, 6.45) is 3.79. The van der Waals surface area contributed by atoms with Crippen LogP contribution in [0, 0.1) is 5.92 Å². The van der Waals surface area contributed by atoms with Crippen molar-refractivity contribution in [2.24, 2.45) is 5.92 Å². The van der Waals surface area contributed by atoms with E-state index in [2.05, 4.69) is 0 Å². The summed E-state index contributed by atoms with van der Waals surface area (Å²) in [5.41, 5.74) is -0.483. The van der Waals surface area contributed by atoms with Crippen LogP contribution < -0.4 is 0 Å². The van der Waals surface area contributed by atoms with E-state index in [1.807, 2.05) is 26.8 Å². The van der Waals surface area contributed by atoms with Gasteiger partial charge >= 0.3 is 6.09 Å². The van der Waals surface area contributed by atoms with Crippen molar-refractivity contribution in [2.45, 2.75) is 51.7 Å². The predicted octanol–water partition coefficient (Wildman–Crippen LogP) is 2.30. The zero-order valence-corrected chi connectivity index (χ0v) is 12.6. The van der Waals surface area contributed by atoms with E-state index in [0.717, 1.165) is 19.3 Å². The lowest BCUT2D eigenvalue weighted by Gasteiger charge is -2.26. The first-order valence-electron chi connectivity index (χ1n) is 7.35. The molecule has 0 aromatic heterocycles. The monoisotopic (exact) mass is 283 g/mol. The van der Waals surface area contributed by atoms with E-state index in [4.69, 9.17) is 9.47 Å². The molecule has 20 heavy (non-hydrogen) atoms. The molecule has 0 saturated carbocycles. The Morgan fingerprint density at radius 3 is 2.90 bits per heavy atom. The number of hydrogen-bond donors (Lipinski definition) is 1. The van der Waals surface area contributed by atoms with Crippen LogP contribution in [0.5, 0.6) is 0 Å². The van der Waals surface area contributed by atoms with Gasteiger partial charge < -0.3 is 19.5 Å². The highest BCUT2D eigenvalue weighted by molar-refractivity contribution is 5.68. The van der Waals surface area contributed by atoms with E-state index in [0.29, 0.717) is 25.5 Å². The van der Waals surface area contributed by atoms with Gasteiger partial charge in [0, 0.05) is 19.0 Å². The Labute approximate surface area is 120 Å². The molecule has 0 aromatic carbocycles. The number of carbonyl (C=O) groups is 1. The average Bonchev–Trinajstić information content (AvgIpc) is 2.86. The van der Waals surface area contributed by atoms with Crippen molar-refractivity contribution in [3.63, 3.8) is 0 Å². The van der Waals surface area contributed by atoms with Crippen molar-refractivity contribution in [2.75, 3.05) is 19.7 Å². The minimum Gasteiger partial charge on any atom is -0.495 e. The second-order valence-corrected chi connectivity index (χ2v) is 6.52. The van der Waals surface area contributed by atoms with Crippen LogP contribution in [0.3, 0.4) is 0 Å². The average molecular weight is 283 g/mol. The number of likely N-dealkylation sites (tertiary alicyclic amines) is 1. The Bertz CT molecular complexity index is 386. The Morgan fingerprint density at radius 1 is 1.55 bits per heavy atom. The third-order valence-electron chi connectivity index (χ3n) is 3.58. The van der Waals surface area contributed by atoms with Gasteiger partial charge in [0.05, 0.1) is 6.61 Å². The Morgan fingerprint density at radius 2 is 2.30 bits per heavy atom. The van der Waals surface area contributed by atoms with Crippen LogP contribution in [0.1, 0.15) is 40.0 Å². The molecule has 2 heterocycles. The van der Waals surface area contributed by atoms with Crippen LogP contribution in [0.4, 0.5) is 4.79 Å². The number of aliphatic hydroxyl groups is 1. The number of hydrogen-bond acceptors (Lipinski definition) is 4. The maximum absolute atomic E-state index is 12.0. The van der Waals surface area contributed by atoms with Gasteiger partial charge in [-0.15, -0.1) is 0 Å². The highest BCUT2D eigenvalue weighted by atomic mass is 16.6. The number of ether oxygens (including phenoxy) is 2. The maximum Gasteiger partial charge on any atom is 0.410 e. The first-order valence-corrected chi connectivity index (χ1v) is 7.35. The standard InChI is InChI=1S/C15H25NO4/c1-15(2,3)20-14(18)16-8-7-11(10-16)13(17)12-6-4-5-9-19-12/h6,11,13,17H,4-5,7-10H2,1-3H3. The molecule has 1 fully saturated rings. The molecule has 2 unspecified atom stereocenters. The summed E-state index contributed by atoms with van der Waals surface area (Å²) in [6, 6.07) is 0. The van der Waals surface area contributed by atoms with Gasteiger partial charge in [0.15, 0.2) is 0 Å². The highest BCUT2D eigenvalue weighted by Crippen LogP contribution is 2.27. The maximum atomic E-state index is 12.0. The van der Waals surface area contributed by atoms with Crippen LogP contribution in [-0.4, -0.2) is 47.5 Å². The Balaban J connectivity index is 1.88. The number of rotatable bonds is 2. The third-order valence-corrected chi connectivity index (χ3v) is 3.58. The Hall–Kier alpha value is -1.23. The minimum atomic E-state index is -0.609. The molecule has 1 N–H and O–H groups in total. The fourth-order valence-electron chi connectivity index (χ4n) is 2.55. The SMILES string of the molecule is CC(C)(C)OC(=O)N1CCC(C(O)C2=CCCCO2)C1. The van der Waals surface area contributed by atoms with Crippen molar-refractivity contribution in [1.82, 2.24) is 4.90 Å². The van der Waals surface area contributed by atoms with Crippen LogP contribution in [0.15, 0.2) is 11.8 Å². The zero-order valence-electron chi connectivity index (χ0n) is 12.6. The summed E-state index contributed by atoms with van der Waals surface area (Å²) < 4.78 is 10.9. The molecule has 0 radical (unpaired) electrons. The number of aliphatic hydroxyl groups excluding tert-OH is 1. The fraction of sp³-hybridized carbons (Fsp3) is 0.800. The normalized spacial score (nSPS) is 24.9. The molecule has 2 aliphatic heterocycles. The van der Waals surface area contributed by atoms with Gasteiger partial charge in [0.1, 0.15) is 17.5 Å². The van der Waals surface area contributed by atoms with Gasteiger partial charge in [-0.25, -0.2) is 4.79 Å². The lowest BCUT2D eigenvalue weighted by Crippen LogP contribution is -2.36. The first kappa shape index (κ1) is 15.2. The quantitative estimate of drug-likeness (QED) is 0.845. The van der Waals surface area contributed by atoms with E-state index in [1.165, 1.54) is 0 Å². The molecule has 5 nitrogen and oxygen atoms in total. The topological polar surface area (TPSA) is 59.0 Å². The smallest absolute Gasteiger partial charge is 0.410 e. The zero-order chi connectivity index (χ0) is 14.8. The molecule has 5 heteroatoms. The Kier molecular flexibility index (Phi) is 4.58. The number of allylic oxidation sites excluding steroid dienone is 1. The second-order valence-electron chi connectivity index (χ2n) is 6.52. The minimum absolute atomic E-state index is 0.0341. The third kappa shape index (κ3) is 3.88. The molecular weight excluding hydrogens is 258 g/mol. The summed E-state index contributed by atoms with van der Waals surface area (Å²) >= 11 is 0. The van der Waals surface area contributed by atoms with Crippen LogP contribution in [0.25, 0.3) is 0 Å². The molecular formula is C15H25NO4. The molecule has 0 aliphatic carbocycles. The van der Waals surface area contributed by atoms with Crippen molar-refractivity contribution < 1.29 is 19.4 Å². The summed E-state index contributed by atoms with van der Waals surface area (Å²) in [7, 11) is 0. The lowest BCUT2D eigenvalue weighted by molar-refractivity contribution is 0.0248. The number of amides is 1. The van der Waals surface area contributed by atoms with E-state index in [1.54, 1.807) is 4.90 Å². The molecule has 0 bridgehead atoms. The second kappa shape index (κ2) is 6.04. The predicted molar refractivity (Wildman–Crippen MR) is 75.2 cm³/mol. The van der Waals surface area contributed by atoms with Crippen LogP contribution >= 0.6 is 0 Å². The number of nitrogens with zero attached hydrogens (tertiary/aromatic N) is 1. The summed E-state index contributed by atoms with van der Waals surface area (Å²) in [4.78, 5) is 13.7. The molecule has 2 aliphatic rings. The van der Waals surface area contributed by atoms with Gasteiger partial charge in [-0.1, -0.05) is 0 Å². The first-order chi connectivity index (χ1) is 9.37. The van der Waals surface area contributed by atoms with Gasteiger partial charge in [-0.05, 0) is 46.1 Å². The van der Waals surface area contributed by atoms with Gasteiger partial charge in [-0.3, -0.25) is 0 Å². The van der Waals surface area contributed by atoms with Gasteiger partial charge in [0.2, 0.25) is 0 Å². The molecule has 2 atom stereocenters. The molecule has 114 valence electrons. The van der Waals surface area contributed by atoms with Crippen molar-refractivity contribution >= 4 is 6.09 Å². The van der Waals surface area contributed by atoms with Crippen LogP contribution in [-0.2, 0) is 9.47 Å². The summed E-state index contributed by atoms with van der Waals surface area (Å²) in [6.45, 7) is 7.39. The molecule has 0 aromatic rings. The molecule has 2 rings (SSSR count). The van der Waals surface area contributed by atoms with Gasteiger partial charge in [0.25, 0.3) is 0 Å². The molecule has 0 spiro atoms. The van der Waals surface area contributed by atoms with Crippen molar-refractivity contribution in [1.29, 1.82) is 0 Å². The van der Waals surface area contributed by atoms with Crippen LogP contribution in [0.2, 0.25) is 0 Å². The van der Waals surface area contributed by atoms with E-state index < -0.39 is 11.7 Å². The van der Waals surface area contributed by atoms with E-state index in [-0.39, 0.29) is 12.0 Å². The van der Waals surface area contributed by atoms with Gasteiger partial charge in [-0.2, -0.15) is 0 Å². The van der Waals surface area contributed by atoms with Crippen molar-refractivity contribution in [3.8, 4) is 0 Å². The fourth-order valence-corrected chi connectivity index (χ4v) is 2.55. The van der Waals surface area contributed by atoms with Crippen molar-refractivity contribution in [3.05, 3.63) is 11.8 Å². The van der Waals surface area contributed by atoms with E-state index >= 15 is 0 Å². The summed E-state index contributed by atoms with van der Waals surface area (Å²) in [5, 5.41) is 10.3. The number of carbonyl (C=O) groups excluding carboxylic acids is 1. The molecule has 1 saturated heterocycles. The largest absolute Gasteiger partial charge is 0.495 e. The summed E-state index contributed by atoms with van der Waals surface area (Å²) in [5.74, 6) is 0.708. The highest BCUT2D eigenvalue weighted by Gasteiger charge is 2.35. The molecule has 1 amide bonds. The lowest BCUT2D eigenvalue weighted by atomic mass is 9.98.